The fourth-order valence-corrected chi connectivity index (χ4v) is 1.63. The summed E-state index contributed by atoms with van der Waals surface area (Å²) < 4.78 is 14.8. The van der Waals surface area contributed by atoms with Crippen LogP contribution >= 0.6 is 11.6 Å². The van der Waals surface area contributed by atoms with Gasteiger partial charge in [-0.25, -0.2) is 4.39 Å². The molecule has 0 aliphatic carbocycles. The lowest BCUT2D eigenvalue weighted by Gasteiger charge is -1.97. The summed E-state index contributed by atoms with van der Waals surface area (Å²) in [5.74, 6) is -0.361. The van der Waals surface area contributed by atoms with Gasteiger partial charge < -0.3 is 5.73 Å². The van der Waals surface area contributed by atoms with E-state index in [2.05, 4.69) is 5.10 Å². The first-order chi connectivity index (χ1) is 6.74. The predicted octanol–water partition coefficient (Wildman–Crippen LogP) is 1.79. The van der Waals surface area contributed by atoms with Crippen molar-refractivity contribution in [3.05, 3.63) is 29.2 Å². The van der Waals surface area contributed by atoms with E-state index in [0.717, 1.165) is 0 Å². The molecule has 2 aromatic rings. The van der Waals surface area contributed by atoms with Crippen molar-refractivity contribution in [1.29, 1.82) is 0 Å². The lowest BCUT2D eigenvalue weighted by Crippen LogP contribution is -2.10. The summed E-state index contributed by atoms with van der Waals surface area (Å²) in [6.07, 6.45) is 0. The average molecular weight is 214 g/mol. The van der Waals surface area contributed by atoms with Crippen molar-refractivity contribution in [1.82, 2.24) is 9.78 Å². The summed E-state index contributed by atoms with van der Waals surface area (Å²) >= 11 is 5.99. The summed E-state index contributed by atoms with van der Waals surface area (Å²) in [4.78, 5) is 0. The predicted molar refractivity (Wildman–Crippen MR) is 53.8 cm³/mol. The number of aromatic nitrogens is 2. The summed E-state index contributed by atoms with van der Waals surface area (Å²) in [6, 6.07) is 4.71. The van der Waals surface area contributed by atoms with Crippen LogP contribution in [-0.4, -0.2) is 16.3 Å². The Hall–Kier alpha value is -1.13. The van der Waals surface area contributed by atoms with Crippen molar-refractivity contribution in [2.75, 3.05) is 6.54 Å². The van der Waals surface area contributed by atoms with Gasteiger partial charge in [-0.15, -0.1) is 0 Å². The van der Waals surface area contributed by atoms with Gasteiger partial charge in [0.25, 0.3) is 0 Å². The molecule has 0 saturated carbocycles. The quantitative estimate of drug-likeness (QED) is 0.827. The first-order valence-electron chi connectivity index (χ1n) is 4.24. The number of hydrogen-bond acceptors (Lipinski definition) is 2. The Morgan fingerprint density at radius 3 is 2.93 bits per heavy atom. The van der Waals surface area contributed by atoms with Gasteiger partial charge >= 0.3 is 0 Å². The molecule has 5 heteroatoms. The Bertz CT molecular complexity index is 466. The second kappa shape index (κ2) is 3.55. The van der Waals surface area contributed by atoms with Crippen LogP contribution in [0.2, 0.25) is 5.15 Å². The van der Waals surface area contributed by atoms with Crippen LogP contribution in [0.5, 0.6) is 0 Å². The standard InChI is InChI=1S/C9H9ClFN3/c10-9-6-2-1-3-7(11)8(6)13-14(9)5-4-12/h1-3H,4-5,12H2. The minimum atomic E-state index is -0.361. The highest BCUT2D eigenvalue weighted by molar-refractivity contribution is 6.34. The molecule has 0 bridgehead atoms. The van der Waals surface area contributed by atoms with Gasteiger partial charge in [-0.1, -0.05) is 17.7 Å². The summed E-state index contributed by atoms with van der Waals surface area (Å²) in [7, 11) is 0. The number of halogens is 2. The largest absolute Gasteiger partial charge is 0.329 e. The highest BCUT2D eigenvalue weighted by atomic mass is 35.5. The molecule has 0 radical (unpaired) electrons. The molecule has 0 aliphatic heterocycles. The maximum absolute atomic E-state index is 13.3. The zero-order chi connectivity index (χ0) is 10.1. The van der Waals surface area contributed by atoms with Crippen LogP contribution in [0, 0.1) is 5.82 Å². The van der Waals surface area contributed by atoms with Crippen molar-refractivity contribution in [3.8, 4) is 0 Å². The van der Waals surface area contributed by atoms with Crippen molar-refractivity contribution in [3.63, 3.8) is 0 Å². The fourth-order valence-electron chi connectivity index (χ4n) is 1.36. The Labute approximate surface area is 85.3 Å². The van der Waals surface area contributed by atoms with E-state index in [1.165, 1.54) is 10.7 Å². The average Bonchev–Trinajstić information content (AvgIpc) is 2.48. The highest BCUT2D eigenvalue weighted by Gasteiger charge is 2.11. The lowest BCUT2D eigenvalue weighted by atomic mass is 10.2. The number of nitrogens with zero attached hydrogens (tertiary/aromatic N) is 2. The minimum Gasteiger partial charge on any atom is -0.329 e. The van der Waals surface area contributed by atoms with E-state index in [0.29, 0.717) is 29.1 Å². The smallest absolute Gasteiger partial charge is 0.151 e. The van der Waals surface area contributed by atoms with E-state index in [4.69, 9.17) is 17.3 Å². The second-order valence-corrected chi connectivity index (χ2v) is 3.30. The normalized spacial score (nSPS) is 11.1. The van der Waals surface area contributed by atoms with Crippen molar-refractivity contribution < 1.29 is 4.39 Å². The van der Waals surface area contributed by atoms with Gasteiger partial charge in [0.2, 0.25) is 0 Å². The lowest BCUT2D eigenvalue weighted by molar-refractivity contribution is 0.611. The van der Waals surface area contributed by atoms with Gasteiger partial charge in [0.15, 0.2) is 5.82 Å². The minimum absolute atomic E-state index is 0.297. The Morgan fingerprint density at radius 1 is 1.50 bits per heavy atom. The molecular formula is C9H9ClFN3. The molecule has 0 spiro atoms. The van der Waals surface area contributed by atoms with Crippen LogP contribution < -0.4 is 5.73 Å². The monoisotopic (exact) mass is 213 g/mol. The van der Waals surface area contributed by atoms with E-state index in [1.807, 2.05) is 0 Å². The van der Waals surface area contributed by atoms with Gasteiger partial charge in [-0.2, -0.15) is 5.10 Å². The third-order valence-corrected chi connectivity index (χ3v) is 2.40. The number of hydrogen-bond donors (Lipinski definition) is 1. The van der Waals surface area contributed by atoms with Gasteiger partial charge in [-0.3, -0.25) is 4.68 Å². The molecule has 0 fully saturated rings. The Morgan fingerprint density at radius 2 is 2.29 bits per heavy atom. The second-order valence-electron chi connectivity index (χ2n) is 2.94. The molecule has 1 aromatic carbocycles. The molecule has 14 heavy (non-hydrogen) atoms. The summed E-state index contributed by atoms with van der Waals surface area (Å²) in [5.41, 5.74) is 5.67. The highest BCUT2D eigenvalue weighted by Crippen LogP contribution is 2.24. The van der Waals surface area contributed by atoms with Gasteiger partial charge in [-0.05, 0) is 12.1 Å². The van der Waals surface area contributed by atoms with Crippen LogP contribution in [-0.2, 0) is 6.54 Å². The van der Waals surface area contributed by atoms with Crippen LogP contribution in [0.4, 0.5) is 4.39 Å². The van der Waals surface area contributed by atoms with Gasteiger partial charge in [0, 0.05) is 11.9 Å². The number of benzene rings is 1. The third-order valence-electron chi connectivity index (χ3n) is 2.00. The molecule has 0 atom stereocenters. The summed E-state index contributed by atoms with van der Waals surface area (Å²) in [5, 5.41) is 5.09. The molecular weight excluding hydrogens is 205 g/mol. The molecule has 2 N–H and O–H groups in total. The maximum atomic E-state index is 13.3. The maximum Gasteiger partial charge on any atom is 0.151 e. The first kappa shape index (κ1) is 9.43. The molecule has 1 heterocycles. The molecule has 3 nitrogen and oxygen atoms in total. The molecule has 2 rings (SSSR count). The van der Waals surface area contributed by atoms with E-state index in [-0.39, 0.29) is 5.82 Å². The van der Waals surface area contributed by atoms with E-state index >= 15 is 0 Å². The van der Waals surface area contributed by atoms with E-state index < -0.39 is 0 Å². The SMILES string of the molecule is NCCn1nc2c(F)cccc2c1Cl. The van der Waals surface area contributed by atoms with Gasteiger partial charge in [0.05, 0.1) is 6.54 Å². The molecule has 74 valence electrons. The fraction of sp³-hybridized carbons (Fsp3) is 0.222. The van der Waals surface area contributed by atoms with E-state index in [1.54, 1.807) is 12.1 Å². The van der Waals surface area contributed by atoms with Crippen molar-refractivity contribution >= 4 is 22.5 Å². The number of nitrogens with two attached hydrogens (primary N) is 1. The van der Waals surface area contributed by atoms with Crippen LogP contribution in [0.1, 0.15) is 0 Å². The number of fused-ring (bicyclic) bond motifs is 1. The topological polar surface area (TPSA) is 43.8 Å². The molecule has 0 saturated heterocycles. The van der Waals surface area contributed by atoms with Gasteiger partial charge in [0.1, 0.15) is 10.7 Å². The number of rotatable bonds is 2. The third kappa shape index (κ3) is 1.36. The van der Waals surface area contributed by atoms with Crippen LogP contribution in [0.25, 0.3) is 10.9 Å². The first-order valence-corrected chi connectivity index (χ1v) is 4.62. The Balaban J connectivity index is 2.67. The molecule has 0 aliphatic rings. The molecule has 0 amide bonds. The van der Waals surface area contributed by atoms with Crippen LogP contribution in [0.3, 0.4) is 0 Å². The molecule has 0 unspecified atom stereocenters. The summed E-state index contributed by atoms with van der Waals surface area (Å²) in [6.45, 7) is 0.919. The van der Waals surface area contributed by atoms with Crippen molar-refractivity contribution in [2.45, 2.75) is 6.54 Å². The molecule has 1 aromatic heterocycles. The van der Waals surface area contributed by atoms with Crippen LogP contribution in [0.15, 0.2) is 18.2 Å². The zero-order valence-corrected chi connectivity index (χ0v) is 8.13. The van der Waals surface area contributed by atoms with Crippen molar-refractivity contribution in [2.24, 2.45) is 5.73 Å². The Kier molecular flexibility index (Phi) is 2.39. The van der Waals surface area contributed by atoms with E-state index in [9.17, 15) is 4.39 Å². The zero-order valence-electron chi connectivity index (χ0n) is 7.37.